The lowest BCUT2D eigenvalue weighted by molar-refractivity contribution is 0.121. The van der Waals surface area contributed by atoms with Crippen LogP contribution in [0.3, 0.4) is 0 Å². The summed E-state index contributed by atoms with van der Waals surface area (Å²) >= 11 is 0. The summed E-state index contributed by atoms with van der Waals surface area (Å²) in [5, 5.41) is 18.0. The molecule has 0 amide bonds. The van der Waals surface area contributed by atoms with Crippen LogP contribution in [0.25, 0.3) is 0 Å². The summed E-state index contributed by atoms with van der Waals surface area (Å²) in [6.45, 7) is 2.66. The highest BCUT2D eigenvalue weighted by Crippen LogP contribution is 2.26. The smallest absolute Gasteiger partial charge is 0.123 e. The van der Waals surface area contributed by atoms with E-state index in [9.17, 15) is 0 Å². The molecule has 1 heterocycles. The lowest BCUT2D eigenvalue weighted by Crippen LogP contribution is -2.39. The van der Waals surface area contributed by atoms with Gasteiger partial charge in [-0.2, -0.15) is 0 Å². The fraction of sp³-hybridized carbons (Fsp3) is 0.647. The van der Waals surface area contributed by atoms with E-state index in [-0.39, 0.29) is 13.2 Å². The zero-order valence-electron chi connectivity index (χ0n) is 12.7. The van der Waals surface area contributed by atoms with Crippen molar-refractivity contribution in [2.24, 2.45) is 0 Å². The van der Waals surface area contributed by atoms with Gasteiger partial charge in [0.1, 0.15) is 12.4 Å². The van der Waals surface area contributed by atoms with Crippen LogP contribution in [0.15, 0.2) is 24.3 Å². The first kappa shape index (κ1) is 16.3. The average molecular weight is 293 g/mol. The fourth-order valence-electron chi connectivity index (χ4n) is 3.07. The molecule has 4 nitrogen and oxygen atoms in total. The van der Waals surface area contributed by atoms with Crippen LogP contribution in [0, 0.1) is 0 Å². The third kappa shape index (κ3) is 4.99. The van der Waals surface area contributed by atoms with E-state index >= 15 is 0 Å². The molecule has 1 saturated heterocycles. The molecule has 0 spiro atoms. The van der Waals surface area contributed by atoms with Crippen molar-refractivity contribution < 1.29 is 14.9 Å². The second-order valence-corrected chi connectivity index (χ2v) is 5.67. The van der Waals surface area contributed by atoms with Crippen molar-refractivity contribution in [3.63, 3.8) is 0 Å². The first-order valence-corrected chi connectivity index (χ1v) is 8.01. The van der Waals surface area contributed by atoms with Gasteiger partial charge in [0.25, 0.3) is 0 Å². The molecule has 0 unspecified atom stereocenters. The Morgan fingerprint density at radius 3 is 2.81 bits per heavy atom. The SMILES string of the molecule is OCCC[C@@H]1CCCCN1Cc1ccccc1OCCO. The monoisotopic (exact) mass is 293 g/mol. The van der Waals surface area contributed by atoms with Crippen LogP contribution in [0.5, 0.6) is 5.75 Å². The number of para-hydroxylation sites is 1. The number of ether oxygens (including phenoxy) is 1. The number of rotatable bonds is 8. The second kappa shape index (κ2) is 9.03. The molecule has 0 aromatic heterocycles. The number of piperidine rings is 1. The molecule has 2 N–H and O–H groups in total. The maximum absolute atomic E-state index is 9.05. The van der Waals surface area contributed by atoms with Gasteiger partial charge in [0.05, 0.1) is 6.61 Å². The molecule has 1 atom stereocenters. The molecule has 0 aliphatic carbocycles. The van der Waals surface area contributed by atoms with Gasteiger partial charge in [0, 0.05) is 24.8 Å². The molecular formula is C17H27NO3. The molecule has 1 aliphatic rings. The molecule has 2 rings (SSSR count). The Morgan fingerprint density at radius 2 is 2.00 bits per heavy atom. The predicted octanol–water partition coefficient (Wildman–Crippen LogP) is 2.18. The topological polar surface area (TPSA) is 52.9 Å². The molecule has 0 radical (unpaired) electrons. The molecule has 1 aromatic carbocycles. The summed E-state index contributed by atoms with van der Waals surface area (Å²) in [4.78, 5) is 2.51. The van der Waals surface area contributed by atoms with Gasteiger partial charge in [0.15, 0.2) is 0 Å². The highest BCUT2D eigenvalue weighted by atomic mass is 16.5. The number of nitrogens with zero attached hydrogens (tertiary/aromatic N) is 1. The zero-order chi connectivity index (χ0) is 14.9. The summed E-state index contributed by atoms with van der Waals surface area (Å²) in [5.41, 5.74) is 1.18. The first-order chi connectivity index (χ1) is 10.3. The van der Waals surface area contributed by atoms with E-state index in [4.69, 9.17) is 14.9 Å². The molecule has 1 fully saturated rings. The maximum atomic E-state index is 9.05. The van der Waals surface area contributed by atoms with Crippen LogP contribution in [0.1, 0.15) is 37.7 Å². The largest absolute Gasteiger partial charge is 0.491 e. The number of hydrogen-bond donors (Lipinski definition) is 2. The summed E-state index contributed by atoms with van der Waals surface area (Å²) < 4.78 is 5.63. The van der Waals surface area contributed by atoms with Crippen molar-refractivity contribution in [2.75, 3.05) is 26.4 Å². The fourth-order valence-corrected chi connectivity index (χ4v) is 3.07. The molecule has 21 heavy (non-hydrogen) atoms. The van der Waals surface area contributed by atoms with E-state index < -0.39 is 0 Å². The molecule has 0 bridgehead atoms. The van der Waals surface area contributed by atoms with E-state index in [0.29, 0.717) is 12.6 Å². The zero-order valence-corrected chi connectivity index (χ0v) is 12.7. The summed E-state index contributed by atoms with van der Waals surface area (Å²) in [5.74, 6) is 0.873. The average Bonchev–Trinajstić information content (AvgIpc) is 2.53. The van der Waals surface area contributed by atoms with Crippen LogP contribution >= 0.6 is 0 Å². The number of benzene rings is 1. The van der Waals surface area contributed by atoms with E-state index in [1.54, 1.807) is 0 Å². The Bertz CT molecular complexity index is 411. The van der Waals surface area contributed by atoms with Crippen LogP contribution in [-0.4, -0.2) is 47.5 Å². The van der Waals surface area contributed by atoms with Crippen LogP contribution in [0.4, 0.5) is 0 Å². The maximum Gasteiger partial charge on any atom is 0.123 e. The number of aliphatic hydroxyl groups excluding tert-OH is 2. The van der Waals surface area contributed by atoms with Gasteiger partial charge in [-0.25, -0.2) is 0 Å². The Hall–Kier alpha value is -1.10. The Kier molecular flexibility index (Phi) is 7.00. The minimum absolute atomic E-state index is 0.0389. The van der Waals surface area contributed by atoms with Gasteiger partial charge in [-0.1, -0.05) is 24.6 Å². The van der Waals surface area contributed by atoms with Crippen molar-refractivity contribution in [2.45, 2.75) is 44.7 Å². The minimum atomic E-state index is 0.0389. The molecule has 118 valence electrons. The quantitative estimate of drug-likeness (QED) is 0.771. The van der Waals surface area contributed by atoms with E-state index in [1.807, 2.05) is 18.2 Å². The van der Waals surface area contributed by atoms with Crippen LogP contribution in [0.2, 0.25) is 0 Å². The molecule has 1 aromatic rings. The molecule has 1 aliphatic heterocycles. The van der Waals surface area contributed by atoms with Crippen LogP contribution < -0.4 is 4.74 Å². The predicted molar refractivity (Wildman–Crippen MR) is 83.4 cm³/mol. The molecule has 0 saturated carbocycles. The number of likely N-dealkylation sites (tertiary alicyclic amines) is 1. The lowest BCUT2D eigenvalue weighted by Gasteiger charge is -2.36. The number of hydrogen-bond acceptors (Lipinski definition) is 4. The Morgan fingerprint density at radius 1 is 1.14 bits per heavy atom. The van der Waals surface area contributed by atoms with Crippen molar-refractivity contribution in [1.29, 1.82) is 0 Å². The summed E-state index contributed by atoms with van der Waals surface area (Å²) in [6, 6.07) is 8.64. The van der Waals surface area contributed by atoms with Crippen molar-refractivity contribution in [1.82, 2.24) is 4.90 Å². The van der Waals surface area contributed by atoms with Gasteiger partial charge in [0.2, 0.25) is 0 Å². The standard InChI is InChI=1S/C17H27NO3/c19-11-5-8-16-7-3-4-10-18(16)14-15-6-1-2-9-17(15)21-13-12-20/h1-2,6,9,16,19-20H,3-5,7-8,10-14H2/t16-/m0/s1. The first-order valence-electron chi connectivity index (χ1n) is 8.01. The minimum Gasteiger partial charge on any atom is -0.491 e. The highest BCUT2D eigenvalue weighted by molar-refractivity contribution is 5.33. The van der Waals surface area contributed by atoms with E-state index in [1.165, 1.54) is 24.8 Å². The van der Waals surface area contributed by atoms with Crippen molar-refractivity contribution >= 4 is 0 Å². The Labute approximate surface area is 127 Å². The van der Waals surface area contributed by atoms with Gasteiger partial charge in [-0.05, 0) is 38.3 Å². The van der Waals surface area contributed by atoms with Crippen LogP contribution in [-0.2, 0) is 6.54 Å². The highest BCUT2D eigenvalue weighted by Gasteiger charge is 2.22. The van der Waals surface area contributed by atoms with Gasteiger partial charge < -0.3 is 14.9 Å². The summed E-state index contributed by atoms with van der Waals surface area (Å²) in [6.07, 6.45) is 5.70. The van der Waals surface area contributed by atoms with E-state index in [2.05, 4.69) is 11.0 Å². The lowest BCUT2D eigenvalue weighted by atomic mass is 9.97. The molecular weight excluding hydrogens is 266 g/mol. The molecule has 4 heteroatoms. The van der Waals surface area contributed by atoms with E-state index in [0.717, 1.165) is 31.7 Å². The van der Waals surface area contributed by atoms with Crippen molar-refractivity contribution in [3.8, 4) is 5.75 Å². The van der Waals surface area contributed by atoms with Gasteiger partial charge in [-0.3, -0.25) is 4.90 Å². The Balaban J connectivity index is 2.00. The van der Waals surface area contributed by atoms with Gasteiger partial charge >= 0.3 is 0 Å². The third-order valence-electron chi connectivity index (χ3n) is 4.14. The number of aliphatic hydroxyl groups is 2. The summed E-state index contributed by atoms with van der Waals surface area (Å²) in [7, 11) is 0. The third-order valence-corrected chi connectivity index (χ3v) is 4.14. The normalized spacial score (nSPS) is 19.6. The van der Waals surface area contributed by atoms with Gasteiger partial charge in [-0.15, -0.1) is 0 Å². The second-order valence-electron chi connectivity index (χ2n) is 5.67. The van der Waals surface area contributed by atoms with Crippen molar-refractivity contribution in [3.05, 3.63) is 29.8 Å².